The van der Waals surface area contributed by atoms with E-state index in [1.165, 1.54) is 12.1 Å². The van der Waals surface area contributed by atoms with Gasteiger partial charge in [0.05, 0.1) is 10.6 Å². The Morgan fingerprint density at radius 3 is 2.48 bits per heavy atom. The highest BCUT2D eigenvalue weighted by molar-refractivity contribution is 9.10. The first kappa shape index (κ1) is 16.0. The number of anilines is 1. The van der Waals surface area contributed by atoms with E-state index in [4.69, 9.17) is 0 Å². The second-order valence-corrected chi connectivity index (χ2v) is 7.67. The van der Waals surface area contributed by atoms with Gasteiger partial charge in [0, 0.05) is 16.8 Å². The molecule has 0 heterocycles. The largest absolute Gasteiger partial charge is 0.376 e. The number of benzene rings is 2. The number of halogens is 2. The number of rotatable bonds is 4. The summed E-state index contributed by atoms with van der Waals surface area (Å²) >= 11 is 3.45. The Balaban J connectivity index is 2.33. The third kappa shape index (κ3) is 3.83. The molecular formula is C15H15BrFNO2S. The monoisotopic (exact) mass is 371 g/mol. The van der Waals surface area contributed by atoms with E-state index in [2.05, 4.69) is 21.2 Å². The molecule has 0 aromatic heterocycles. The summed E-state index contributed by atoms with van der Waals surface area (Å²) in [6.07, 6.45) is 1.10. The van der Waals surface area contributed by atoms with Gasteiger partial charge in [-0.05, 0) is 36.8 Å². The molecule has 2 aromatic rings. The van der Waals surface area contributed by atoms with Crippen LogP contribution >= 0.6 is 15.9 Å². The van der Waals surface area contributed by atoms with E-state index in [1.807, 2.05) is 31.2 Å². The number of hydrogen-bond donors (Lipinski definition) is 1. The molecule has 0 bridgehead atoms. The van der Waals surface area contributed by atoms with Crippen molar-refractivity contribution >= 4 is 31.5 Å². The fourth-order valence-corrected chi connectivity index (χ4v) is 3.26. The second kappa shape index (κ2) is 6.15. The zero-order valence-electron chi connectivity index (χ0n) is 11.6. The lowest BCUT2D eigenvalue weighted by atomic mass is 10.1. The quantitative estimate of drug-likeness (QED) is 0.820. The fraction of sp³-hybridized carbons (Fsp3) is 0.200. The van der Waals surface area contributed by atoms with Crippen LogP contribution in [0.5, 0.6) is 0 Å². The van der Waals surface area contributed by atoms with Gasteiger partial charge in [-0.25, -0.2) is 12.8 Å². The van der Waals surface area contributed by atoms with Crippen molar-refractivity contribution in [2.24, 2.45) is 0 Å². The molecule has 0 aliphatic heterocycles. The maximum Gasteiger partial charge on any atom is 0.175 e. The van der Waals surface area contributed by atoms with Crippen LogP contribution in [-0.2, 0) is 9.84 Å². The van der Waals surface area contributed by atoms with Gasteiger partial charge in [0.15, 0.2) is 9.84 Å². The Labute approximate surface area is 132 Å². The van der Waals surface area contributed by atoms with Crippen LogP contribution in [0.4, 0.5) is 10.1 Å². The van der Waals surface area contributed by atoms with Gasteiger partial charge in [-0.1, -0.05) is 34.1 Å². The molecule has 0 aliphatic carbocycles. The Bertz CT molecular complexity index is 762. The second-order valence-electron chi connectivity index (χ2n) is 4.80. The minimum atomic E-state index is -3.37. The Morgan fingerprint density at radius 2 is 1.86 bits per heavy atom. The van der Waals surface area contributed by atoms with E-state index < -0.39 is 15.7 Å². The predicted molar refractivity (Wildman–Crippen MR) is 85.7 cm³/mol. The predicted octanol–water partition coefficient (Wildman–Crippen LogP) is 4.16. The molecule has 0 saturated heterocycles. The minimum absolute atomic E-state index is 0.0886. The highest BCUT2D eigenvalue weighted by atomic mass is 79.9. The van der Waals surface area contributed by atoms with Gasteiger partial charge in [-0.15, -0.1) is 0 Å². The molecule has 6 heteroatoms. The Morgan fingerprint density at radius 1 is 1.19 bits per heavy atom. The van der Waals surface area contributed by atoms with Crippen molar-refractivity contribution in [3.8, 4) is 0 Å². The third-order valence-corrected chi connectivity index (χ3v) is 4.94. The van der Waals surface area contributed by atoms with Crippen LogP contribution < -0.4 is 5.32 Å². The maximum absolute atomic E-state index is 13.9. The van der Waals surface area contributed by atoms with E-state index >= 15 is 0 Å². The summed E-state index contributed by atoms with van der Waals surface area (Å²) in [5, 5.41) is 3.01. The zero-order valence-corrected chi connectivity index (χ0v) is 14.0. The smallest absolute Gasteiger partial charge is 0.175 e. The van der Waals surface area contributed by atoms with E-state index in [1.54, 1.807) is 0 Å². The first-order chi connectivity index (χ1) is 9.79. The first-order valence-corrected chi connectivity index (χ1v) is 8.98. The van der Waals surface area contributed by atoms with Gasteiger partial charge in [0.2, 0.25) is 0 Å². The van der Waals surface area contributed by atoms with Crippen molar-refractivity contribution in [3.05, 3.63) is 58.3 Å². The third-order valence-electron chi connectivity index (χ3n) is 3.11. The van der Waals surface area contributed by atoms with Crippen LogP contribution in [0.25, 0.3) is 0 Å². The molecule has 3 nitrogen and oxygen atoms in total. The molecule has 1 N–H and O–H groups in total. The number of nitrogens with one attached hydrogen (secondary N) is 1. The summed E-state index contributed by atoms with van der Waals surface area (Å²) in [5.74, 6) is -0.485. The number of hydrogen-bond acceptors (Lipinski definition) is 3. The molecule has 2 rings (SSSR count). The summed E-state index contributed by atoms with van der Waals surface area (Å²) in [5.41, 5.74) is 1.13. The summed E-state index contributed by atoms with van der Waals surface area (Å²) in [7, 11) is -3.37. The van der Waals surface area contributed by atoms with Crippen LogP contribution in [0.2, 0.25) is 0 Å². The van der Waals surface area contributed by atoms with Crippen molar-refractivity contribution in [2.75, 3.05) is 11.6 Å². The van der Waals surface area contributed by atoms with Gasteiger partial charge in [0.1, 0.15) is 5.82 Å². The summed E-state index contributed by atoms with van der Waals surface area (Å²) in [4.78, 5) is 0.0886. The van der Waals surface area contributed by atoms with E-state index in [9.17, 15) is 12.8 Å². The molecule has 2 aromatic carbocycles. The molecule has 0 fully saturated rings. The topological polar surface area (TPSA) is 46.2 Å². The molecule has 21 heavy (non-hydrogen) atoms. The SMILES string of the molecule is CC(Nc1cc(S(C)(=O)=O)ccc1F)c1ccccc1Br. The van der Waals surface area contributed by atoms with Crippen molar-refractivity contribution in [1.82, 2.24) is 0 Å². The molecule has 0 saturated carbocycles. The van der Waals surface area contributed by atoms with Gasteiger partial charge >= 0.3 is 0 Å². The minimum Gasteiger partial charge on any atom is -0.376 e. The average Bonchev–Trinajstić information content (AvgIpc) is 2.40. The van der Waals surface area contributed by atoms with E-state index in [0.29, 0.717) is 0 Å². The van der Waals surface area contributed by atoms with E-state index in [-0.39, 0.29) is 16.6 Å². The molecule has 1 atom stereocenters. The van der Waals surface area contributed by atoms with Crippen molar-refractivity contribution in [1.29, 1.82) is 0 Å². The summed E-state index contributed by atoms with van der Waals surface area (Å²) in [6, 6.07) is 11.2. The molecule has 0 amide bonds. The van der Waals surface area contributed by atoms with Crippen LogP contribution in [0, 0.1) is 5.82 Å². The fourth-order valence-electron chi connectivity index (χ4n) is 1.98. The summed E-state index contributed by atoms with van der Waals surface area (Å²) in [6.45, 7) is 1.88. The van der Waals surface area contributed by atoms with Crippen LogP contribution in [0.1, 0.15) is 18.5 Å². The molecule has 0 spiro atoms. The van der Waals surface area contributed by atoms with Gasteiger partial charge in [-0.3, -0.25) is 0 Å². The standard InChI is InChI=1S/C15H15BrFNO2S/c1-10(12-5-3-4-6-13(12)16)18-15-9-11(21(2,19)20)7-8-14(15)17/h3-10,18H,1-2H3. The molecule has 0 aliphatic rings. The van der Waals surface area contributed by atoms with Crippen LogP contribution in [0.15, 0.2) is 51.8 Å². The average molecular weight is 372 g/mol. The lowest BCUT2D eigenvalue weighted by Gasteiger charge is -2.18. The molecule has 1 unspecified atom stereocenters. The summed E-state index contributed by atoms with van der Waals surface area (Å²) < 4.78 is 37.9. The molecular weight excluding hydrogens is 357 g/mol. The normalized spacial score (nSPS) is 13.0. The zero-order chi connectivity index (χ0) is 15.6. The van der Waals surface area contributed by atoms with Crippen LogP contribution in [-0.4, -0.2) is 14.7 Å². The van der Waals surface area contributed by atoms with Crippen molar-refractivity contribution in [3.63, 3.8) is 0 Å². The molecule has 0 radical (unpaired) electrons. The Kier molecular flexibility index (Phi) is 4.68. The van der Waals surface area contributed by atoms with Crippen molar-refractivity contribution < 1.29 is 12.8 Å². The number of sulfone groups is 1. The maximum atomic E-state index is 13.9. The lowest BCUT2D eigenvalue weighted by molar-refractivity contribution is 0.600. The van der Waals surface area contributed by atoms with Gasteiger partial charge < -0.3 is 5.32 Å². The van der Waals surface area contributed by atoms with E-state index in [0.717, 1.165) is 22.4 Å². The van der Waals surface area contributed by atoms with Crippen LogP contribution in [0.3, 0.4) is 0 Å². The lowest BCUT2D eigenvalue weighted by Crippen LogP contribution is -2.09. The Hall–Kier alpha value is -1.40. The first-order valence-electron chi connectivity index (χ1n) is 6.29. The highest BCUT2D eigenvalue weighted by Crippen LogP contribution is 2.28. The highest BCUT2D eigenvalue weighted by Gasteiger charge is 2.14. The van der Waals surface area contributed by atoms with Crippen molar-refractivity contribution in [2.45, 2.75) is 17.9 Å². The van der Waals surface area contributed by atoms with Gasteiger partial charge in [0.25, 0.3) is 0 Å². The van der Waals surface area contributed by atoms with Gasteiger partial charge in [-0.2, -0.15) is 0 Å². The molecule has 112 valence electrons.